The Balaban J connectivity index is 1.30. The molecule has 23 heavy (non-hydrogen) atoms. The van der Waals surface area contributed by atoms with Crippen LogP contribution in [0.3, 0.4) is 0 Å². The Morgan fingerprint density at radius 3 is 2.87 bits per heavy atom. The Morgan fingerprint density at radius 1 is 1.17 bits per heavy atom. The van der Waals surface area contributed by atoms with Crippen molar-refractivity contribution < 1.29 is 0 Å². The first kappa shape index (κ1) is 13.6. The lowest BCUT2D eigenvalue weighted by atomic mass is 9.79. The molecule has 6 heteroatoms. The lowest BCUT2D eigenvalue weighted by molar-refractivity contribution is 0.282. The van der Waals surface area contributed by atoms with Gasteiger partial charge in [0, 0.05) is 23.7 Å². The molecule has 0 unspecified atom stereocenters. The Labute approximate surface area is 136 Å². The Kier molecular flexibility index (Phi) is 3.19. The van der Waals surface area contributed by atoms with Crippen molar-refractivity contribution in [2.75, 3.05) is 6.54 Å². The first-order valence-electron chi connectivity index (χ1n) is 8.89. The van der Waals surface area contributed by atoms with E-state index in [1.54, 1.807) is 0 Å². The smallest absolute Gasteiger partial charge is 0.141 e. The highest BCUT2D eigenvalue weighted by Crippen LogP contribution is 2.40. The summed E-state index contributed by atoms with van der Waals surface area (Å²) in [6.07, 6.45) is 11.8. The van der Waals surface area contributed by atoms with Crippen LogP contribution in [0.15, 0.2) is 23.0 Å². The predicted molar refractivity (Wildman–Crippen MR) is 90.4 cm³/mol. The van der Waals surface area contributed by atoms with Crippen LogP contribution in [0.5, 0.6) is 0 Å². The summed E-state index contributed by atoms with van der Waals surface area (Å²) in [6.45, 7) is 1.22. The van der Waals surface area contributed by atoms with Crippen LogP contribution in [0.4, 0.5) is 5.82 Å². The molecule has 2 aliphatic heterocycles. The highest BCUT2D eigenvalue weighted by atomic mass is 15.7. The number of hydrazine groups is 2. The van der Waals surface area contributed by atoms with Gasteiger partial charge in [0.05, 0.1) is 11.4 Å². The molecule has 5 rings (SSSR count). The molecule has 2 aliphatic carbocycles. The van der Waals surface area contributed by atoms with Crippen molar-refractivity contribution in [3.63, 3.8) is 0 Å². The van der Waals surface area contributed by atoms with Gasteiger partial charge in [0.2, 0.25) is 0 Å². The quantitative estimate of drug-likeness (QED) is 0.688. The fourth-order valence-electron chi connectivity index (χ4n) is 4.07. The van der Waals surface area contributed by atoms with Crippen molar-refractivity contribution in [2.24, 2.45) is 16.8 Å². The molecule has 0 radical (unpaired) electrons. The maximum atomic E-state index is 4.43. The molecule has 2 fully saturated rings. The van der Waals surface area contributed by atoms with Crippen molar-refractivity contribution in [2.45, 2.75) is 44.6 Å². The van der Waals surface area contributed by atoms with Gasteiger partial charge in [-0.15, -0.1) is 5.53 Å². The number of allylic oxidation sites excluding steroid dienone is 1. The molecule has 4 aliphatic rings. The van der Waals surface area contributed by atoms with Gasteiger partial charge in [-0.3, -0.25) is 0 Å². The van der Waals surface area contributed by atoms with Gasteiger partial charge in [-0.05, 0) is 57.1 Å². The molecule has 2 saturated carbocycles. The second-order valence-electron chi connectivity index (χ2n) is 7.25. The molecule has 3 heterocycles. The van der Waals surface area contributed by atoms with Gasteiger partial charge in [-0.2, -0.15) is 0 Å². The van der Waals surface area contributed by atoms with Crippen molar-refractivity contribution in [1.29, 1.82) is 0 Å². The molecule has 4 N–H and O–H groups in total. The number of hydrogen-bond donors (Lipinski definition) is 4. The number of nitrogens with zero attached hydrogens (tertiary/aromatic N) is 2. The fraction of sp³-hybridized carbons (Fsp3) is 0.588. The van der Waals surface area contributed by atoms with E-state index in [1.807, 2.05) is 17.5 Å². The van der Waals surface area contributed by atoms with Crippen LogP contribution in [0.1, 0.15) is 44.1 Å². The van der Waals surface area contributed by atoms with Gasteiger partial charge < -0.3 is 15.7 Å². The van der Waals surface area contributed by atoms with E-state index in [-0.39, 0.29) is 0 Å². The summed E-state index contributed by atoms with van der Waals surface area (Å²) in [4.78, 5) is 7.65. The number of hydrogen-bond acceptors (Lipinski definition) is 5. The normalized spacial score (nSPS) is 29.5. The SMILES string of the molecule is C1=Nc2[nH]ccc2C2=C(C3CCC(CNC4CC4)CC3)NNN12. The molecule has 0 spiro atoms. The summed E-state index contributed by atoms with van der Waals surface area (Å²) in [5.74, 6) is 2.44. The minimum absolute atomic E-state index is 0.619. The highest BCUT2D eigenvalue weighted by molar-refractivity contribution is 5.87. The van der Waals surface area contributed by atoms with Crippen molar-refractivity contribution in [1.82, 2.24) is 26.3 Å². The van der Waals surface area contributed by atoms with Gasteiger partial charge in [0.1, 0.15) is 12.2 Å². The lowest BCUT2D eigenvalue weighted by Crippen LogP contribution is -2.38. The van der Waals surface area contributed by atoms with Crippen molar-refractivity contribution >= 4 is 17.9 Å². The predicted octanol–water partition coefficient (Wildman–Crippen LogP) is 2.24. The third-order valence-corrected chi connectivity index (χ3v) is 5.62. The molecule has 0 saturated heterocycles. The van der Waals surface area contributed by atoms with Crippen LogP contribution in [0.25, 0.3) is 5.70 Å². The zero-order valence-corrected chi connectivity index (χ0v) is 13.3. The second kappa shape index (κ2) is 5.39. The van der Waals surface area contributed by atoms with Crippen molar-refractivity contribution in [3.8, 4) is 0 Å². The Bertz CT molecular complexity index is 648. The summed E-state index contributed by atoms with van der Waals surface area (Å²) in [6, 6.07) is 2.95. The third kappa shape index (κ3) is 2.46. The standard InChI is InChI=1S/C17H24N6/c1-3-12(4-2-11(1)9-19-13-5-6-13)15-16-14-7-8-18-17(14)20-10-23(16)22-21-15/h7-8,10-13,18-19,21-22H,1-6,9H2. The van der Waals surface area contributed by atoms with Crippen LogP contribution in [-0.2, 0) is 0 Å². The largest absolute Gasteiger partial charge is 0.346 e. The van der Waals surface area contributed by atoms with E-state index in [9.17, 15) is 0 Å². The number of aromatic nitrogens is 1. The zero-order valence-electron chi connectivity index (χ0n) is 13.3. The highest BCUT2D eigenvalue weighted by Gasteiger charge is 2.34. The van der Waals surface area contributed by atoms with Crippen LogP contribution < -0.4 is 16.3 Å². The van der Waals surface area contributed by atoms with Gasteiger partial charge in [0.15, 0.2) is 0 Å². The minimum atomic E-state index is 0.619. The van der Waals surface area contributed by atoms with Gasteiger partial charge in [-0.25, -0.2) is 10.0 Å². The summed E-state index contributed by atoms with van der Waals surface area (Å²) in [7, 11) is 0. The van der Waals surface area contributed by atoms with Crippen molar-refractivity contribution in [3.05, 3.63) is 23.5 Å². The molecule has 0 atom stereocenters. The second-order valence-corrected chi connectivity index (χ2v) is 7.25. The Hall–Kier alpha value is -1.79. The maximum Gasteiger partial charge on any atom is 0.141 e. The molecule has 0 aromatic carbocycles. The monoisotopic (exact) mass is 312 g/mol. The average Bonchev–Trinajstić information content (AvgIpc) is 3.12. The number of nitrogens with one attached hydrogen (secondary N) is 4. The maximum absolute atomic E-state index is 4.43. The Morgan fingerprint density at radius 2 is 2.04 bits per heavy atom. The summed E-state index contributed by atoms with van der Waals surface area (Å²) >= 11 is 0. The molecule has 0 amide bonds. The van der Waals surface area contributed by atoms with Crippen LogP contribution in [-0.4, -0.2) is 28.9 Å². The molecule has 1 aromatic rings. The minimum Gasteiger partial charge on any atom is -0.346 e. The number of H-pyrrole nitrogens is 1. The van der Waals surface area contributed by atoms with Crippen LogP contribution >= 0.6 is 0 Å². The third-order valence-electron chi connectivity index (χ3n) is 5.62. The van der Waals surface area contributed by atoms with E-state index in [4.69, 9.17) is 0 Å². The van der Waals surface area contributed by atoms with E-state index < -0.39 is 0 Å². The molecule has 1 aromatic heterocycles. The first-order chi connectivity index (χ1) is 11.4. The van der Waals surface area contributed by atoms with Gasteiger partial charge >= 0.3 is 0 Å². The van der Waals surface area contributed by atoms with E-state index in [1.165, 1.54) is 62.0 Å². The zero-order chi connectivity index (χ0) is 15.2. The van der Waals surface area contributed by atoms with Crippen LogP contribution in [0.2, 0.25) is 0 Å². The number of aromatic amines is 1. The number of fused-ring (bicyclic) bond motifs is 3. The number of rotatable bonds is 4. The first-order valence-corrected chi connectivity index (χ1v) is 8.89. The lowest BCUT2D eigenvalue weighted by Gasteiger charge is -2.29. The number of aliphatic imine (C=N–C) groups is 1. The van der Waals surface area contributed by atoms with Gasteiger partial charge in [-0.1, -0.05) is 0 Å². The molecule has 6 nitrogen and oxygen atoms in total. The molecular weight excluding hydrogens is 288 g/mol. The topological polar surface area (TPSA) is 67.5 Å². The summed E-state index contributed by atoms with van der Waals surface area (Å²) < 4.78 is 0. The van der Waals surface area contributed by atoms with E-state index in [0.717, 1.165) is 17.8 Å². The summed E-state index contributed by atoms with van der Waals surface area (Å²) in [5, 5.41) is 5.70. The van der Waals surface area contributed by atoms with Crippen LogP contribution in [0, 0.1) is 11.8 Å². The van der Waals surface area contributed by atoms with E-state index in [2.05, 4.69) is 32.3 Å². The van der Waals surface area contributed by atoms with E-state index >= 15 is 0 Å². The van der Waals surface area contributed by atoms with E-state index in [0.29, 0.717) is 5.92 Å². The molecular formula is C17H24N6. The summed E-state index contributed by atoms with van der Waals surface area (Å²) in [5.41, 5.74) is 10.4. The average molecular weight is 312 g/mol. The molecule has 122 valence electrons. The fourth-order valence-corrected chi connectivity index (χ4v) is 4.07. The van der Waals surface area contributed by atoms with Gasteiger partial charge in [0.25, 0.3) is 0 Å². The molecule has 0 bridgehead atoms.